The minimum Gasteiger partial charge on any atom is -0.353 e. The zero-order valence-electron chi connectivity index (χ0n) is 22.7. The summed E-state index contributed by atoms with van der Waals surface area (Å²) in [6, 6.07) is 5.20. The van der Waals surface area contributed by atoms with E-state index < -0.39 is 0 Å². The lowest BCUT2D eigenvalue weighted by molar-refractivity contribution is 0.338. The van der Waals surface area contributed by atoms with Gasteiger partial charge in [-0.1, -0.05) is 20.3 Å². The third kappa shape index (κ3) is 4.81. The van der Waals surface area contributed by atoms with Crippen LogP contribution in [0.1, 0.15) is 93.0 Å². The number of fused-ring (bicyclic) bond motifs is 2. The molecule has 1 aliphatic heterocycles. The number of pyridine rings is 2. The maximum atomic E-state index is 5.33. The number of rotatable bonds is 6. The number of nitrogens with zero attached hydrogens (tertiary/aromatic N) is 4. The van der Waals surface area contributed by atoms with Crippen LogP contribution in [0, 0.1) is 13.8 Å². The molecule has 1 saturated heterocycles. The first-order valence-electron chi connectivity index (χ1n) is 14.2. The smallest absolute Gasteiger partial charge is 0.158 e. The predicted molar refractivity (Wildman–Crippen MR) is 155 cm³/mol. The van der Waals surface area contributed by atoms with Crippen LogP contribution in [0.3, 0.4) is 0 Å². The lowest BCUT2D eigenvalue weighted by Crippen LogP contribution is -2.37. The lowest BCUT2D eigenvalue weighted by atomic mass is 9.83. The average molecular weight is 517 g/mol. The number of H-pyrrole nitrogens is 1. The molecular formula is C30H40N6S. The van der Waals surface area contributed by atoms with Crippen LogP contribution in [0.4, 0.5) is 0 Å². The first kappa shape index (κ1) is 24.9. The van der Waals surface area contributed by atoms with Crippen LogP contribution in [-0.2, 0) is 0 Å². The van der Waals surface area contributed by atoms with Gasteiger partial charge in [0, 0.05) is 46.8 Å². The second kappa shape index (κ2) is 10.4. The quantitative estimate of drug-likeness (QED) is 0.291. The molecule has 1 atom stereocenters. The third-order valence-corrected chi connectivity index (χ3v) is 10.1. The van der Waals surface area contributed by atoms with Crippen LogP contribution >= 0.6 is 11.8 Å². The van der Waals surface area contributed by atoms with Gasteiger partial charge in [0.05, 0.1) is 16.7 Å². The van der Waals surface area contributed by atoms with Crippen LogP contribution in [0.25, 0.3) is 27.9 Å². The van der Waals surface area contributed by atoms with Gasteiger partial charge in [-0.25, -0.2) is 9.50 Å². The normalized spacial score (nSPS) is 22.9. The van der Waals surface area contributed by atoms with Crippen molar-refractivity contribution >= 4 is 28.4 Å². The molecular weight excluding hydrogens is 476 g/mol. The Morgan fingerprint density at radius 2 is 1.92 bits per heavy atom. The van der Waals surface area contributed by atoms with Crippen molar-refractivity contribution in [1.29, 1.82) is 0 Å². The Bertz CT molecular complexity index is 1390. The van der Waals surface area contributed by atoms with Gasteiger partial charge in [0.25, 0.3) is 0 Å². The van der Waals surface area contributed by atoms with Gasteiger partial charge < -0.3 is 10.3 Å². The second-order valence-electron chi connectivity index (χ2n) is 11.5. The predicted octanol–water partition coefficient (Wildman–Crippen LogP) is 6.91. The number of thioether (sulfide) groups is 1. The summed E-state index contributed by atoms with van der Waals surface area (Å²) < 4.78 is 1.89. The zero-order valence-corrected chi connectivity index (χ0v) is 23.5. The van der Waals surface area contributed by atoms with Gasteiger partial charge in [0.1, 0.15) is 6.33 Å². The van der Waals surface area contributed by atoms with Crippen molar-refractivity contribution in [2.75, 3.05) is 12.3 Å². The fraction of sp³-hybridized carbons (Fsp3) is 0.567. The van der Waals surface area contributed by atoms with Crippen molar-refractivity contribution < 1.29 is 0 Å². The van der Waals surface area contributed by atoms with Gasteiger partial charge in [-0.15, -0.1) is 0 Å². The topological polar surface area (TPSA) is 70.9 Å². The zero-order chi connectivity index (χ0) is 25.5. The number of aromatic amines is 1. The molecule has 37 heavy (non-hydrogen) atoms. The average Bonchev–Trinajstić information content (AvgIpc) is 3.55. The molecule has 7 heteroatoms. The highest BCUT2D eigenvalue weighted by Gasteiger charge is 2.26. The SMILES string of the molecule is Cc1c(-c2[nH]c3ccc(C4CCC(NCC5CCCCS5)CC4)nc3c2C(C)C)cn2ncnc2c1C. The first-order chi connectivity index (χ1) is 18.0. The monoisotopic (exact) mass is 516 g/mol. The van der Waals surface area contributed by atoms with Gasteiger partial charge in [0.2, 0.25) is 0 Å². The van der Waals surface area contributed by atoms with Crippen LogP contribution in [0.5, 0.6) is 0 Å². The Labute approximate surface area is 224 Å². The van der Waals surface area contributed by atoms with Gasteiger partial charge >= 0.3 is 0 Å². The Balaban J connectivity index is 1.24. The fourth-order valence-corrected chi connectivity index (χ4v) is 7.67. The van der Waals surface area contributed by atoms with Crippen LogP contribution in [0.15, 0.2) is 24.7 Å². The third-order valence-electron chi connectivity index (χ3n) is 8.73. The van der Waals surface area contributed by atoms with Gasteiger partial charge in [-0.2, -0.15) is 16.9 Å². The number of hydrogen-bond donors (Lipinski definition) is 2. The van der Waals surface area contributed by atoms with Crippen molar-refractivity contribution in [2.45, 2.75) is 95.8 Å². The number of aromatic nitrogens is 5. The molecule has 1 unspecified atom stereocenters. The van der Waals surface area contributed by atoms with E-state index in [1.807, 2.05) is 4.52 Å². The summed E-state index contributed by atoms with van der Waals surface area (Å²) in [5.41, 5.74) is 10.5. The minimum atomic E-state index is 0.357. The van der Waals surface area contributed by atoms with Gasteiger partial charge in [-0.05, 0) is 87.3 Å². The fourth-order valence-electron chi connectivity index (χ4n) is 6.42. The van der Waals surface area contributed by atoms with E-state index in [0.717, 1.165) is 21.9 Å². The van der Waals surface area contributed by atoms with Crippen molar-refractivity contribution in [2.24, 2.45) is 0 Å². The first-order valence-corrected chi connectivity index (χ1v) is 15.2. The molecule has 6 rings (SSSR count). The Kier molecular flexibility index (Phi) is 7.01. The molecule has 0 amide bonds. The molecule has 1 saturated carbocycles. The maximum absolute atomic E-state index is 5.33. The van der Waals surface area contributed by atoms with E-state index in [0.29, 0.717) is 17.9 Å². The van der Waals surface area contributed by atoms with Crippen molar-refractivity contribution in [1.82, 2.24) is 29.9 Å². The summed E-state index contributed by atoms with van der Waals surface area (Å²) in [6.45, 7) is 10.1. The Hall–Kier alpha value is -2.38. The molecule has 0 spiro atoms. The molecule has 4 aromatic heterocycles. The molecule has 0 radical (unpaired) electrons. The molecule has 2 aliphatic rings. The minimum absolute atomic E-state index is 0.357. The van der Waals surface area contributed by atoms with E-state index in [9.17, 15) is 0 Å². The standard InChI is InChI=1S/C30H40N6S/c1-18(2)27-28(24-16-36-30(32-17-33-36)20(4)19(24)3)35-26-13-12-25(34-29(26)27)21-8-10-22(11-9-21)31-15-23-7-5-6-14-37-23/h12-13,16-18,21-23,31,35H,5-11,14-15H2,1-4H3. The van der Waals surface area contributed by atoms with Crippen molar-refractivity contribution in [3.8, 4) is 11.3 Å². The Morgan fingerprint density at radius 3 is 2.68 bits per heavy atom. The van der Waals surface area contributed by atoms with E-state index in [-0.39, 0.29) is 0 Å². The molecule has 0 aromatic carbocycles. The summed E-state index contributed by atoms with van der Waals surface area (Å²) in [5.74, 6) is 2.26. The molecule has 2 N–H and O–H groups in total. The molecule has 5 heterocycles. The van der Waals surface area contributed by atoms with Crippen molar-refractivity contribution in [3.05, 3.63) is 47.0 Å². The maximum Gasteiger partial charge on any atom is 0.158 e. The van der Waals surface area contributed by atoms with E-state index in [1.54, 1.807) is 6.33 Å². The molecule has 1 aliphatic carbocycles. The highest BCUT2D eigenvalue weighted by molar-refractivity contribution is 7.99. The molecule has 6 nitrogen and oxygen atoms in total. The van der Waals surface area contributed by atoms with E-state index in [1.165, 1.54) is 90.9 Å². The van der Waals surface area contributed by atoms with Gasteiger partial charge in [-0.3, -0.25) is 4.98 Å². The van der Waals surface area contributed by atoms with Crippen LogP contribution < -0.4 is 5.32 Å². The molecule has 196 valence electrons. The van der Waals surface area contributed by atoms with E-state index in [2.05, 4.69) is 78.2 Å². The molecule has 2 fully saturated rings. The van der Waals surface area contributed by atoms with E-state index >= 15 is 0 Å². The van der Waals surface area contributed by atoms with E-state index in [4.69, 9.17) is 4.98 Å². The highest BCUT2D eigenvalue weighted by Crippen LogP contribution is 2.39. The molecule has 4 aromatic rings. The number of hydrogen-bond acceptors (Lipinski definition) is 5. The van der Waals surface area contributed by atoms with Crippen molar-refractivity contribution in [3.63, 3.8) is 0 Å². The number of nitrogens with one attached hydrogen (secondary N) is 2. The number of aryl methyl sites for hydroxylation is 1. The Morgan fingerprint density at radius 1 is 1.08 bits per heavy atom. The summed E-state index contributed by atoms with van der Waals surface area (Å²) in [6.07, 6.45) is 12.9. The van der Waals surface area contributed by atoms with Crippen LogP contribution in [0.2, 0.25) is 0 Å². The molecule has 0 bridgehead atoms. The second-order valence-corrected chi connectivity index (χ2v) is 12.9. The summed E-state index contributed by atoms with van der Waals surface area (Å²) >= 11 is 2.17. The summed E-state index contributed by atoms with van der Waals surface area (Å²) in [5, 5.41) is 9.15. The van der Waals surface area contributed by atoms with Gasteiger partial charge in [0.15, 0.2) is 5.65 Å². The highest BCUT2D eigenvalue weighted by atomic mass is 32.2. The largest absolute Gasteiger partial charge is 0.353 e. The van der Waals surface area contributed by atoms with Crippen LogP contribution in [-0.4, -0.2) is 48.2 Å². The lowest BCUT2D eigenvalue weighted by Gasteiger charge is -2.31. The summed E-state index contributed by atoms with van der Waals surface area (Å²) in [7, 11) is 0. The summed E-state index contributed by atoms with van der Waals surface area (Å²) in [4.78, 5) is 13.5.